The third-order valence-electron chi connectivity index (χ3n) is 6.37. The number of fused-ring (bicyclic) bond motifs is 3. The predicted molar refractivity (Wildman–Crippen MR) is 106 cm³/mol. The molecule has 4 saturated heterocycles. The van der Waals surface area contributed by atoms with Gasteiger partial charge < -0.3 is 24.0 Å². The Kier molecular flexibility index (Phi) is 3.67. The van der Waals surface area contributed by atoms with E-state index in [1.54, 1.807) is 37.9 Å². The highest BCUT2D eigenvalue weighted by Gasteiger charge is 2.75. The summed E-state index contributed by atoms with van der Waals surface area (Å²) in [6.07, 6.45) is 0.238. The molecule has 0 radical (unpaired) electrons. The molecular weight excluding hydrogens is 414 g/mol. The molecule has 1 spiro atoms. The molecule has 8 nitrogen and oxygen atoms in total. The first-order chi connectivity index (χ1) is 13.7. The molecule has 1 aromatic carbocycles. The van der Waals surface area contributed by atoms with E-state index in [0.717, 1.165) is 0 Å². The summed E-state index contributed by atoms with van der Waals surface area (Å²) in [5, 5.41) is 10.2. The average Bonchev–Trinajstić information content (AvgIpc) is 3.29. The van der Waals surface area contributed by atoms with Gasteiger partial charge >= 0.3 is 0 Å². The number of hydrogen-bond acceptors (Lipinski definition) is 8. The molecule has 5 heterocycles. The van der Waals surface area contributed by atoms with Gasteiger partial charge in [0.05, 0.1) is 24.6 Å². The monoisotopic (exact) mass is 433 g/mol. The van der Waals surface area contributed by atoms with Gasteiger partial charge in [-0.05, 0) is 26.0 Å². The fraction of sp³-hybridized carbons (Fsp3) is 0.526. The molecule has 0 saturated carbocycles. The van der Waals surface area contributed by atoms with Gasteiger partial charge in [-0.25, -0.2) is 0 Å². The second-order valence-corrected chi connectivity index (χ2v) is 10.8. The van der Waals surface area contributed by atoms with Gasteiger partial charge in [-0.3, -0.25) is 9.59 Å². The molecule has 0 aliphatic carbocycles. The van der Waals surface area contributed by atoms with Crippen molar-refractivity contribution in [1.82, 2.24) is 9.80 Å². The summed E-state index contributed by atoms with van der Waals surface area (Å²) in [6, 6.07) is 5.30. The van der Waals surface area contributed by atoms with E-state index in [4.69, 9.17) is 14.2 Å². The maximum Gasteiger partial charge on any atom is 0.261 e. The molecule has 29 heavy (non-hydrogen) atoms. The van der Waals surface area contributed by atoms with E-state index in [0.29, 0.717) is 22.8 Å². The zero-order valence-corrected chi connectivity index (χ0v) is 18.0. The second kappa shape index (κ2) is 5.67. The smallest absolute Gasteiger partial charge is 0.261 e. The number of ether oxygens (including phenoxy) is 3. The number of nitriles is 1. The molecule has 5 aliphatic heterocycles. The molecule has 152 valence electrons. The molecule has 4 fully saturated rings. The van der Waals surface area contributed by atoms with Crippen molar-refractivity contribution >= 4 is 33.4 Å². The Morgan fingerprint density at radius 3 is 2.69 bits per heavy atom. The van der Waals surface area contributed by atoms with Crippen LogP contribution in [0.25, 0.3) is 0 Å². The number of hydrogen-bond donors (Lipinski definition) is 0. The number of carbonyl (C=O) groups excluding carboxylic acids is 2. The van der Waals surface area contributed by atoms with Crippen LogP contribution in [0.3, 0.4) is 0 Å². The lowest BCUT2D eigenvalue weighted by molar-refractivity contribution is -0.164. The fourth-order valence-electron chi connectivity index (χ4n) is 4.77. The number of piperazine rings is 1. The second-order valence-electron chi connectivity index (χ2n) is 8.00. The van der Waals surface area contributed by atoms with Crippen LogP contribution in [0.2, 0.25) is 0 Å². The standard InChI is InChI=1S/C19H19N3O5S2/c1-17(8-20)7-19-16(24)21(3)18(2,28-29-19)15(23)22(19)14(17)10-5-6-11-13(12(10)25-4)27-9-26-11/h5-6,14H,7,9H2,1-4H3/t14?,17-,18?,19+/m1/s1. The van der Waals surface area contributed by atoms with Crippen molar-refractivity contribution in [3.05, 3.63) is 17.7 Å². The highest BCUT2D eigenvalue weighted by Crippen LogP contribution is 2.70. The Labute approximate surface area is 175 Å². The van der Waals surface area contributed by atoms with Crippen LogP contribution in [0.4, 0.5) is 0 Å². The molecule has 2 bridgehead atoms. The number of nitrogens with zero attached hydrogens (tertiary/aromatic N) is 3. The molecule has 4 atom stereocenters. The summed E-state index contributed by atoms with van der Waals surface area (Å²) >= 11 is 0. The van der Waals surface area contributed by atoms with Crippen molar-refractivity contribution < 1.29 is 23.8 Å². The highest BCUT2D eigenvalue weighted by atomic mass is 33.1. The normalized spacial score (nSPS) is 37.0. The lowest BCUT2D eigenvalue weighted by Gasteiger charge is -2.57. The fourth-order valence-corrected chi connectivity index (χ4v) is 8.35. The van der Waals surface area contributed by atoms with Crippen LogP contribution in [-0.2, 0) is 9.59 Å². The van der Waals surface area contributed by atoms with Crippen molar-refractivity contribution in [3.8, 4) is 23.3 Å². The molecule has 1 aromatic rings. The molecule has 2 unspecified atom stereocenters. The van der Waals surface area contributed by atoms with Crippen molar-refractivity contribution in [2.45, 2.75) is 36.1 Å². The van der Waals surface area contributed by atoms with E-state index >= 15 is 0 Å². The Hall–Kier alpha value is -2.25. The number of carbonyl (C=O) groups is 2. The zero-order chi connectivity index (χ0) is 20.8. The largest absolute Gasteiger partial charge is 0.492 e. The van der Waals surface area contributed by atoms with Crippen molar-refractivity contribution in [1.29, 1.82) is 5.26 Å². The summed E-state index contributed by atoms with van der Waals surface area (Å²) in [5.41, 5.74) is -0.348. The summed E-state index contributed by atoms with van der Waals surface area (Å²) in [5.74, 6) is 1.12. The van der Waals surface area contributed by atoms with Gasteiger partial charge in [-0.1, -0.05) is 21.6 Å². The average molecular weight is 434 g/mol. The van der Waals surface area contributed by atoms with Crippen molar-refractivity contribution in [2.75, 3.05) is 21.0 Å². The van der Waals surface area contributed by atoms with Gasteiger partial charge in [-0.2, -0.15) is 5.26 Å². The molecule has 0 N–H and O–H groups in total. The molecule has 10 heteroatoms. The van der Waals surface area contributed by atoms with Crippen LogP contribution in [0.15, 0.2) is 12.1 Å². The van der Waals surface area contributed by atoms with Gasteiger partial charge in [-0.15, -0.1) is 0 Å². The Bertz CT molecular complexity index is 1010. The molecular formula is C19H19N3O5S2. The zero-order valence-electron chi connectivity index (χ0n) is 16.3. The van der Waals surface area contributed by atoms with Crippen LogP contribution in [-0.4, -0.2) is 52.3 Å². The lowest BCUT2D eigenvalue weighted by atomic mass is 9.79. The van der Waals surface area contributed by atoms with Crippen LogP contribution in [0.5, 0.6) is 17.2 Å². The summed E-state index contributed by atoms with van der Waals surface area (Å²) in [7, 11) is 5.94. The van der Waals surface area contributed by atoms with Crippen LogP contribution in [0.1, 0.15) is 31.9 Å². The van der Waals surface area contributed by atoms with E-state index in [-0.39, 0.29) is 25.0 Å². The van der Waals surface area contributed by atoms with Gasteiger partial charge in [0.1, 0.15) is 0 Å². The topological polar surface area (TPSA) is 92.1 Å². The minimum Gasteiger partial charge on any atom is -0.492 e. The van der Waals surface area contributed by atoms with Crippen LogP contribution >= 0.6 is 21.6 Å². The Morgan fingerprint density at radius 1 is 1.24 bits per heavy atom. The van der Waals surface area contributed by atoms with E-state index in [9.17, 15) is 14.9 Å². The van der Waals surface area contributed by atoms with Gasteiger partial charge in [0.2, 0.25) is 12.5 Å². The minimum absolute atomic E-state index is 0.0791. The maximum absolute atomic E-state index is 13.7. The van der Waals surface area contributed by atoms with Crippen molar-refractivity contribution in [3.63, 3.8) is 0 Å². The first-order valence-corrected chi connectivity index (χ1v) is 11.2. The van der Waals surface area contributed by atoms with Gasteiger partial charge in [0.15, 0.2) is 21.2 Å². The predicted octanol–water partition coefficient (Wildman–Crippen LogP) is 2.51. The van der Waals surface area contributed by atoms with E-state index < -0.39 is 21.2 Å². The summed E-state index contributed by atoms with van der Waals surface area (Å²) in [6.45, 7) is 3.63. The molecule has 0 aromatic heterocycles. The van der Waals surface area contributed by atoms with E-state index in [1.165, 1.54) is 33.6 Å². The third kappa shape index (κ3) is 2.02. The maximum atomic E-state index is 13.7. The summed E-state index contributed by atoms with van der Waals surface area (Å²) in [4.78, 5) is 28.0. The number of amides is 2. The van der Waals surface area contributed by atoms with E-state index in [2.05, 4.69) is 6.07 Å². The third-order valence-corrected chi connectivity index (χ3v) is 10.1. The highest BCUT2D eigenvalue weighted by molar-refractivity contribution is 8.78. The number of likely N-dealkylation sites (N-methyl/N-ethyl adjacent to an activating group) is 1. The SMILES string of the molecule is COc1c(C2N3C(=O)C4(C)SS[C@@]3(C[C@]2(C)C#N)C(=O)N4C)ccc2c1OCO2. The van der Waals surface area contributed by atoms with E-state index in [1.807, 2.05) is 0 Å². The first kappa shape index (κ1) is 18.8. The Morgan fingerprint density at radius 2 is 2.00 bits per heavy atom. The molecule has 2 amide bonds. The summed E-state index contributed by atoms with van der Waals surface area (Å²) < 4.78 is 16.7. The van der Waals surface area contributed by atoms with Crippen molar-refractivity contribution in [2.24, 2.45) is 5.41 Å². The first-order valence-electron chi connectivity index (χ1n) is 9.10. The number of rotatable bonds is 2. The quantitative estimate of drug-likeness (QED) is 0.657. The minimum atomic E-state index is -1.12. The molecule has 5 aliphatic rings. The van der Waals surface area contributed by atoms with Gasteiger partial charge in [0, 0.05) is 19.0 Å². The van der Waals surface area contributed by atoms with Crippen LogP contribution < -0.4 is 14.2 Å². The number of methoxy groups -OCH3 is 1. The van der Waals surface area contributed by atoms with Gasteiger partial charge in [0.25, 0.3) is 11.8 Å². The number of benzene rings is 1. The lowest BCUT2D eigenvalue weighted by Crippen LogP contribution is -2.73. The molecule has 6 rings (SSSR count). The Balaban J connectivity index is 1.75. The van der Waals surface area contributed by atoms with Crippen LogP contribution in [0, 0.1) is 16.7 Å².